The third-order valence-electron chi connectivity index (χ3n) is 5.68. The predicted octanol–water partition coefficient (Wildman–Crippen LogP) is 5.43. The van der Waals surface area contributed by atoms with Crippen molar-refractivity contribution in [2.75, 3.05) is 12.3 Å². The molecule has 3 heterocycles. The van der Waals surface area contributed by atoms with E-state index in [1.807, 2.05) is 12.1 Å². The van der Waals surface area contributed by atoms with Crippen LogP contribution >= 0.6 is 23.1 Å². The number of hydrogen-bond donors (Lipinski definition) is 1. The number of pyridine rings is 1. The van der Waals surface area contributed by atoms with E-state index in [4.69, 9.17) is 4.98 Å². The van der Waals surface area contributed by atoms with Gasteiger partial charge in [-0.2, -0.15) is 0 Å². The molecule has 0 saturated heterocycles. The molecule has 8 heteroatoms. The van der Waals surface area contributed by atoms with Gasteiger partial charge in [0, 0.05) is 18.1 Å². The zero-order valence-electron chi connectivity index (χ0n) is 20.0. The van der Waals surface area contributed by atoms with E-state index in [2.05, 4.69) is 62.3 Å². The lowest BCUT2D eigenvalue weighted by Gasteiger charge is -2.13. The highest BCUT2D eigenvalue weighted by Crippen LogP contribution is 2.30. The smallest absolute Gasteiger partial charge is 0.272 e. The second-order valence-electron chi connectivity index (χ2n) is 9.14. The van der Waals surface area contributed by atoms with Crippen LogP contribution in [0.15, 0.2) is 52.5 Å². The Balaban J connectivity index is 1.68. The molecule has 34 heavy (non-hydrogen) atoms. The van der Waals surface area contributed by atoms with Gasteiger partial charge in [0.25, 0.3) is 5.56 Å². The zero-order valence-corrected chi connectivity index (χ0v) is 21.6. The highest BCUT2D eigenvalue weighted by atomic mass is 32.2. The Kier molecular flexibility index (Phi) is 7.68. The van der Waals surface area contributed by atoms with Gasteiger partial charge in [0.15, 0.2) is 5.16 Å². The summed E-state index contributed by atoms with van der Waals surface area (Å²) in [7, 11) is 0. The van der Waals surface area contributed by atoms with Crippen LogP contribution in [0.2, 0.25) is 0 Å². The summed E-state index contributed by atoms with van der Waals surface area (Å²) in [5, 5.41) is 4.38. The van der Waals surface area contributed by atoms with Crippen LogP contribution in [-0.4, -0.2) is 32.7 Å². The molecule has 4 aromatic rings. The lowest BCUT2D eigenvalue weighted by molar-refractivity contribution is -0.118. The average molecular weight is 495 g/mol. The summed E-state index contributed by atoms with van der Waals surface area (Å²) in [5.74, 6) is 1.14. The fourth-order valence-corrected chi connectivity index (χ4v) is 5.52. The minimum atomic E-state index is -0.0938. The van der Waals surface area contributed by atoms with Crippen LogP contribution in [0.4, 0.5) is 0 Å². The van der Waals surface area contributed by atoms with E-state index in [-0.39, 0.29) is 17.2 Å². The SMILES string of the molecule is CC(C)CCNC(=O)CSc1nc2c(sc3ncccc32)c(=O)n1Cc1ccc(C(C)C)cc1. The Morgan fingerprint density at radius 2 is 1.91 bits per heavy atom. The highest BCUT2D eigenvalue weighted by molar-refractivity contribution is 7.99. The fourth-order valence-electron chi connectivity index (χ4n) is 3.66. The van der Waals surface area contributed by atoms with E-state index in [9.17, 15) is 9.59 Å². The summed E-state index contributed by atoms with van der Waals surface area (Å²) in [5.41, 5.74) is 2.85. The topological polar surface area (TPSA) is 76.9 Å². The van der Waals surface area contributed by atoms with Crippen LogP contribution in [0.5, 0.6) is 0 Å². The number of amides is 1. The van der Waals surface area contributed by atoms with Crippen molar-refractivity contribution in [1.82, 2.24) is 19.9 Å². The molecule has 0 spiro atoms. The maximum absolute atomic E-state index is 13.6. The number of thioether (sulfide) groups is 1. The molecule has 0 aliphatic rings. The van der Waals surface area contributed by atoms with E-state index in [0.717, 1.165) is 22.2 Å². The maximum atomic E-state index is 13.6. The Morgan fingerprint density at radius 1 is 1.15 bits per heavy atom. The molecule has 3 aromatic heterocycles. The number of nitrogens with one attached hydrogen (secondary N) is 1. The lowest BCUT2D eigenvalue weighted by atomic mass is 10.0. The molecule has 0 unspecified atom stereocenters. The van der Waals surface area contributed by atoms with E-state index in [1.54, 1.807) is 10.8 Å². The molecule has 1 aromatic carbocycles. The Hall–Kier alpha value is -2.71. The maximum Gasteiger partial charge on any atom is 0.272 e. The summed E-state index contributed by atoms with van der Waals surface area (Å²) < 4.78 is 2.28. The molecule has 0 aliphatic heterocycles. The highest BCUT2D eigenvalue weighted by Gasteiger charge is 2.18. The van der Waals surface area contributed by atoms with Gasteiger partial charge in [-0.15, -0.1) is 11.3 Å². The monoisotopic (exact) mass is 494 g/mol. The van der Waals surface area contributed by atoms with Gasteiger partial charge in [0.1, 0.15) is 9.53 Å². The van der Waals surface area contributed by atoms with Crippen molar-refractivity contribution in [3.05, 3.63) is 64.1 Å². The van der Waals surface area contributed by atoms with Crippen LogP contribution in [0.3, 0.4) is 0 Å². The van der Waals surface area contributed by atoms with Gasteiger partial charge in [-0.25, -0.2) is 9.97 Å². The third kappa shape index (κ3) is 5.50. The number of hydrogen-bond acceptors (Lipinski definition) is 6. The van der Waals surface area contributed by atoms with Gasteiger partial charge >= 0.3 is 0 Å². The van der Waals surface area contributed by atoms with Gasteiger partial charge in [0.05, 0.1) is 17.8 Å². The molecular formula is C26H30N4O2S2. The molecule has 0 radical (unpaired) electrons. The number of carbonyl (C=O) groups excluding carboxylic acids is 1. The van der Waals surface area contributed by atoms with Gasteiger partial charge in [-0.3, -0.25) is 14.2 Å². The van der Waals surface area contributed by atoms with Crippen molar-refractivity contribution in [3.63, 3.8) is 0 Å². The number of nitrogens with zero attached hydrogens (tertiary/aromatic N) is 3. The summed E-state index contributed by atoms with van der Waals surface area (Å²) >= 11 is 2.68. The first kappa shape index (κ1) is 24.4. The van der Waals surface area contributed by atoms with Crippen LogP contribution in [0.25, 0.3) is 20.4 Å². The number of fused-ring (bicyclic) bond motifs is 3. The van der Waals surface area contributed by atoms with Crippen LogP contribution < -0.4 is 10.9 Å². The number of benzene rings is 1. The van der Waals surface area contributed by atoms with Crippen molar-refractivity contribution >= 4 is 49.4 Å². The number of carbonyl (C=O) groups is 1. The van der Waals surface area contributed by atoms with Crippen molar-refractivity contribution in [3.8, 4) is 0 Å². The van der Waals surface area contributed by atoms with Gasteiger partial charge in [-0.1, -0.05) is 63.7 Å². The Morgan fingerprint density at radius 3 is 2.62 bits per heavy atom. The largest absolute Gasteiger partial charge is 0.355 e. The molecule has 178 valence electrons. The van der Waals surface area contributed by atoms with Crippen molar-refractivity contribution < 1.29 is 4.79 Å². The molecule has 0 aliphatic carbocycles. The summed E-state index contributed by atoms with van der Waals surface area (Å²) in [4.78, 5) is 36.1. The zero-order chi connectivity index (χ0) is 24.2. The molecule has 0 bridgehead atoms. The normalized spacial score (nSPS) is 11.7. The predicted molar refractivity (Wildman–Crippen MR) is 142 cm³/mol. The molecule has 6 nitrogen and oxygen atoms in total. The van der Waals surface area contributed by atoms with Gasteiger partial charge in [0.2, 0.25) is 5.91 Å². The summed E-state index contributed by atoms with van der Waals surface area (Å²) in [6.45, 7) is 9.64. The van der Waals surface area contributed by atoms with Crippen molar-refractivity contribution in [1.29, 1.82) is 0 Å². The first-order valence-corrected chi connectivity index (χ1v) is 13.4. The molecule has 4 rings (SSSR count). The van der Waals surface area contributed by atoms with Crippen molar-refractivity contribution in [2.45, 2.75) is 51.7 Å². The van der Waals surface area contributed by atoms with E-state index >= 15 is 0 Å². The number of aromatic nitrogens is 3. The summed E-state index contributed by atoms with van der Waals surface area (Å²) in [6.07, 6.45) is 2.66. The Labute approximate surface area is 207 Å². The first-order chi connectivity index (χ1) is 16.3. The molecular weight excluding hydrogens is 464 g/mol. The van der Waals surface area contributed by atoms with Crippen molar-refractivity contribution in [2.24, 2.45) is 5.92 Å². The van der Waals surface area contributed by atoms with Crippen LogP contribution in [-0.2, 0) is 11.3 Å². The molecule has 1 amide bonds. The Bertz CT molecular complexity index is 1360. The van der Waals surface area contributed by atoms with E-state index in [0.29, 0.717) is 40.3 Å². The standard InChI is InChI=1S/C26H30N4O2S2/c1-16(2)11-13-27-21(31)15-33-26-29-22-20-6-5-12-28-24(20)34-23(22)25(32)30(26)14-18-7-9-19(10-8-18)17(3)4/h5-10,12,16-17H,11,13-15H2,1-4H3,(H,27,31). The lowest BCUT2D eigenvalue weighted by Crippen LogP contribution is -2.28. The molecule has 1 N–H and O–H groups in total. The molecule has 0 saturated carbocycles. The first-order valence-electron chi connectivity index (χ1n) is 11.6. The minimum absolute atomic E-state index is 0.0512. The van der Waals surface area contributed by atoms with Gasteiger partial charge < -0.3 is 5.32 Å². The van der Waals surface area contributed by atoms with E-state index in [1.165, 1.54) is 28.7 Å². The number of rotatable bonds is 9. The average Bonchev–Trinajstić information content (AvgIpc) is 3.19. The quantitative estimate of drug-likeness (QED) is 0.248. The third-order valence-corrected chi connectivity index (χ3v) is 7.75. The molecule has 0 atom stereocenters. The molecule has 0 fully saturated rings. The van der Waals surface area contributed by atoms with Gasteiger partial charge in [-0.05, 0) is 41.5 Å². The summed E-state index contributed by atoms with van der Waals surface area (Å²) in [6, 6.07) is 12.1. The minimum Gasteiger partial charge on any atom is -0.355 e. The second-order valence-corrected chi connectivity index (χ2v) is 11.1. The van der Waals surface area contributed by atoms with Crippen LogP contribution in [0, 0.1) is 5.92 Å². The fraction of sp³-hybridized carbons (Fsp3) is 0.385. The number of thiophene rings is 1. The van der Waals surface area contributed by atoms with E-state index < -0.39 is 0 Å². The van der Waals surface area contributed by atoms with Crippen LogP contribution in [0.1, 0.15) is 51.2 Å². The second kappa shape index (κ2) is 10.7.